The lowest BCUT2D eigenvalue weighted by atomic mass is 9.87. The number of H-pyrrole nitrogens is 1. The maximum atomic E-state index is 12.5. The molecule has 0 bridgehead atoms. The highest BCUT2D eigenvalue weighted by molar-refractivity contribution is 5.92. The van der Waals surface area contributed by atoms with Gasteiger partial charge >= 0.3 is 0 Å². The molecule has 1 aromatic heterocycles. The van der Waals surface area contributed by atoms with Crippen LogP contribution in [0.1, 0.15) is 36.3 Å². The number of carbonyl (C=O) groups excluding carboxylic acids is 1. The third kappa shape index (κ3) is 2.26. The summed E-state index contributed by atoms with van der Waals surface area (Å²) in [5, 5.41) is 6.51. The number of aromatic amines is 1. The summed E-state index contributed by atoms with van der Waals surface area (Å²) in [6, 6.07) is 12.0. The second kappa shape index (κ2) is 4.87. The van der Waals surface area contributed by atoms with Gasteiger partial charge in [-0.15, -0.1) is 0 Å². The molecule has 0 saturated heterocycles. The first-order chi connectivity index (χ1) is 10.4. The molecule has 0 spiro atoms. The number of anilines is 1. The Morgan fingerprint density at radius 3 is 2.50 bits per heavy atom. The van der Waals surface area contributed by atoms with Gasteiger partial charge in [0, 0.05) is 25.1 Å². The van der Waals surface area contributed by atoms with E-state index in [9.17, 15) is 4.79 Å². The Morgan fingerprint density at radius 1 is 1.36 bits per heavy atom. The van der Waals surface area contributed by atoms with Crippen LogP contribution in [0, 0.1) is 5.41 Å². The fraction of sp³-hybridized carbons (Fsp3) is 0.412. The summed E-state index contributed by atoms with van der Waals surface area (Å²) < 4.78 is 0. The number of nitrogens with one attached hydrogen (secondary N) is 1. The maximum Gasteiger partial charge on any atom is 0.271 e. The quantitative estimate of drug-likeness (QED) is 0.910. The molecule has 1 saturated carbocycles. The van der Waals surface area contributed by atoms with Crippen molar-refractivity contribution in [3.8, 4) is 0 Å². The summed E-state index contributed by atoms with van der Waals surface area (Å²) >= 11 is 0. The Morgan fingerprint density at radius 2 is 2.00 bits per heavy atom. The van der Waals surface area contributed by atoms with Crippen LogP contribution in [0.2, 0.25) is 0 Å². The minimum absolute atomic E-state index is 0.0181. The largest absolute Gasteiger partial charge is 0.382 e. The van der Waals surface area contributed by atoms with Gasteiger partial charge in [-0.2, -0.15) is 5.10 Å². The number of benzene rings is 1. The lowest BCUT2D eigenvalue weighted by Gasteiger charge is -2.27. The van der Waals surface area contributed by atoms with Crippen molar-refractivity contribution in [1.29, 1.82) is 0 Å². The first kappa shape index (κ1) is 14.6. The molecule has 1 unspecified atom stereocenters. The molecular weight excluding hydrogens is 276 g/mol. The Labute approximate surface area is 130 Å². The Balaban J connectivity index is 1.83. The van der Waals surface area contributed by atoms with E-state index < -0.39 is 0 Å². The highest BCUT2D eigenvalue weighted by Gasteiger charge is 2.62. The Hall–Kier alpha value is -2.30. The van der Waals surface area contributed by atoms with E-state index >= 15 is 0 Å². The molecule has 2 aromatic rings. The van der Waals surface area contributed by atoms with Crippen molar-refractivity contribution in [2.45, 2.75) is 25.7 Å². The van der Waals surface area contributed by atoms with Gasteiger partial charge in [-0.25, -0.2) is 0 Å². The van der Waals surface area contributed by atoms with Crippen molar-refractivity contribution in [2.24, 2.45) is 5.41 Å². The lowest BCUT2D eigenvalue weighted by molar-refractivity contribution is 0.0769. The second-order valence-electron chi connectivity index (χ2n) is 6.88. The van der Waals surface area contributed by atoms with E-state index in [1.807, 2.05) is 13.1 Å². The van der Waals surface area contributed by atoms with E-state index in [0.29, 0.717) is 18.1 Å². The molecule has 1 amide bonds. The molecule has 1 heterocycles. The molecule has 0 aliphatic heterocycles. The zero-order valence-electron chi connectivity index (χ0n) is 13.3. The number of likely N-dealkylation sites (N-methyl/N-ethyl adjacent to an activating group) is 1. The first-order valence-electron chi connectivity index (χ1n) is 7.48. The SMILES string of the molecule is CN(CC1(c2ccccc2)CC1(C)C)C(=O)c1cc(N)n[nH]1. The van der Waals surface area contributed by atoms with Crippen LogP contribution >= 0.6 is 0 Å². The number of nitrogens with two attached hydrogens (primary N) is 1. The minimum atomic E-state index is -0.0813. The number of hydrogen-bond acceptors (Lipinski definition) is 3. The number of aromatic nitrogens is 2. The summed E-state index contributed by atoms with van der Waals surface area (Å²) in [7, 11) is 1.83. The third-order valence-electron chi connectivity index (χ3n) is 4.92. The number of nitrogen functional groups attached to an aromatic ring is 1. The molecule has 1 aliphatic carbocycles. The molecule has 1 fully saturated rings. The van der Waals surface area contributed by atoms with E-state index in [-0.39, 0.29) is 16.7 Å². The van der Waals surface area contributed by atoms with Crippen LogP contribution < -0.4 is 5.73 Å². The smallest absolute Gasteiger partial charge is 0.271 e. The molecule has 1 aromatic carbocycles. The maximum absolute atomic E-state index is 12.5. The van der Waals surface area contributed by atoms with Gasteiger partial charge in [-0.05, 0) is 17.4 Å². The van der Waals surface area contributed by atoms with Gasteiger partial charge in [0.2, 0.25) is 0 Å². The fourth-order valence-electron chi connectivity index (χ4n) is 3.45. The van der Waals surface area contributed by atoms with E-state index in [2.05, 4.69) is 48.3 Å². The van der Waals surface area contributed by atoms with Crippen LogP contribution in [0.25, 0.3) is 0 Å². The average molecular weight is 298 g/mol. The van der Waals surface area contributed by atoms with Gasteiger partial charge in [0.1, 0.15) is 11.5 Å². The van der Waals surface area contributed by atoms with Crippen molar-refractivity contribution in [3.63, 3.8) is 0 Å². The topological polar surface area (TPSA) is 75.0 Å². The molecule has 1 atom stereocenters. The number of hydrogen-bond donors (Lipinski definition) is 2. The van der Waals surface area contributed by atoms with Crippen LogP contribution in [-0.4, -0.2) is 34.6 Å². The van der Waals surface area contributed by atoms with Crippen molar-refractivity contribution in [2.75, 3.05) is 19.3 Å². The van der Waals surface area contributed by atoms with Crippen molar-refractivity contribution >= 4 is 11.7 Å². The predicted molar refractivity (Wildman–Crippen MR) is 86.5 cm³/mol. The molecule has 116 valence electrons. The van der Waals surface area contributed by atoms with Crippen molar-refractivity contribution < 1.29 is 4.79 Å². The Bertz CT molecular complexity index is 692. The van der Waals surface area contributed by atoms with E-state index in [4.69, 9.17) is 5.73 Å². The number of rotatable bonds is 4. The highest BCUT2D eigenvalue weighted by Crippen LogP contribution is 2.64. The zero-order chi connectivity index (χ0) is 16.0. The van der Waals surface area contributed by atoms with E-state index in [1.54, 1.807) is 11.0 Å². The number of carbonyl (C=O) groups is 1. The monoisotopic (exact) mass is 298 g/mol. The molecule has 1 aliphatic rings. The lowest BCUT2D eigenvalue weighted by Crippen LogP contribution is -2.36. The summed E-state index contributed by atoms with van der Waals surface area (Å²) in [6.45, 7) is 5.20. The van der Waals surface area contributed by atoms with Gasteiger partial charge in [-0.3, -0.25) is 9.89 Å². The predicted octanol–water partition coefficient (Wildman–Crippen LogP) is 2.43. The van der Waals surface area contributed by atoms with Crippen LogP contribution in [-0.2, 0) is 5.41 Å². The molecule has 22 heavy (non-hydrogen) atoms. The van der Waals surface area contributed by atoms with Crippen molar-refractivity contribution in [1.82, 2.24) is 15.1 Å². The molecule has 3 rings (SSSR count). The van der Waals surface area contributed by atoms with Crippen LogP contribution in [0.3, 0.4) is 0 Å². The third-order valence-corrected chi connectivity index (χ3v) is 4.92. The fourth-order valence-corrected chi connectivity index (χ4v) is 3.45. The number of nitrogens with zero attached hydrogens (tertiary/aromatic N) is 2. The molecular formula is C17H22N4O. The molecule has 5 nitrogen and oxygen atoms in total. The minimum Gasteiger partial charge on any atom is -0.382 e. The summed E-state index contributed by atoms with van der Waals surface area (Å²) in [4.78, 5) is 14.3. The van der Waals surface area contributed by atoms with E-state index in [1.165, 1.54) is 5.56 Å². The standard InChI is InChI=1S/C17H22N4O/c1-16(2)10-17(16,12-7-5-4-6-8-12)11-21(3)15(22)13-9-14(18)20-19-13/h4-9H,10-11H2,1-3H3,(H3,18,19,20). The summed E-state index contributed by atoms with van der Waals surface area (Å²) in [6.07, 6.45) is 1.08. The van der Waals surface area contributed by atoms with Gasteiger partial charge in [0.05, 0.1) is 0 Å². The van der Waals surface area contributed by atoms with Crippen LogP contribution in [0.5, 0.6) is 0 Å². The summed E-state index contributed by atoms with van der Waals surface area (Å²) in [5.41, 5.74) is 7.51. The van der Waals surface area contributed by atoms with Gasteiger partial charge in [-0.1, -0.05) is 44.2 Å². The van der Waals surface area contributed by atoms with Crippen molar-refractivity contribution in [3.05, 3.63) is 47.7 Å². The van der Waals surface area contributed by atoms with Crippen LogP contribution in [0.4, 0.5) is 5.82 Å². The number of amides is 1. The second-order valence-corrected chi connectivity index (χ2v) is 6.88. The molecule has 0 radical (unpaired) electrons. The van der Waals surface area contributed by atoms with Gasteiger partial charge < -0.3 is 10.6 Å². The van der Waals surface area contributed by atoms with E-state index in [0.717, 1.165) is 6.42 Å². The summed E-state index contributed by atoms with van der Waals surface area (Å²) in [5.74, 6) is 0.253. The highest BCUT2D eigenvalue weighted by atomic mass is 16.2. The average Bonchev–Trinajstić information content (AvgIpc) is 2.83. The first-order valence-corrected chi connectivity index (χ1v) is 7.48. The molecule has 5 heteroatoms. The van der Waals surface area contributed by atoms with Gasteiger partial charge in [0.25, 0.3) is 5.91 Å². The zero-order valence-corrected chi connectivity index (χ0v) is 13.3. The van der Waals surface area contributed by atoms with Crippen LogP contribution in [0.15, 0.2) is 36.4 Å². The normalized spacial score (nSPS) is 22.3. The molecule has 3 N–H and O–H groups in total. The van der Waals surface area contributed by atoms with Gasteiger partial charge in [0.15, 0.2) is 0 Å². The Kier molecular flexibility index (Phi) is 3.24.